The molecule has 0 unspecified atom stereocenters. The van der Waals surface area contributed by atoms with Gasteiger partial charge in [0.2, 0.25) is 0 Å². The van der Waals surface area contributed by atoms with Gasteiger partial charge in [0.1, 0.15) is 11.3 Å². The van der Waals surface area contributed by atoms with E-state index in [9.17, 15) is 20.0 Å². The molecule has 0 aliphatic carbocycles. The van der Waals surface area contributed by atoms with E-state index in [0.717, 1.165) is 4.88 Å². The predicted molar refractivity (Wildman–Crippen MR) is 85.5 cm³/mol. The molecule has 7 heteroatoms. The molecule has 0 radical (unpaired) electrons. The molecule has 1 aromatic carbocycles. The van der Waals surface area contributed by atoms with E-state index in [1.807, 2.05) is 11.4 Å². The van der Waals surface area contributed by atoms with E-state index in [-0.39, 0.29) is 29.3 Å². The molecule has 0 amide bonds. The first-order chi connectivity index (χ1) is 10.3. The van der Waals surface area contributed by atoms with Crippen LogP contribution in [-0.2, 0) is 5.60 Å². The molecular formula is C15H16N2O4S. The second-order valence-electron chi connectivity index (χ2n) is 5.15. The van der Waals surface area contributed by atoms with Crippen LogP contribution in [0.4, 0.5) is 11.4 Å². The highest BCUT2D eigenvalue weighted by Crippen LogP contribution is 2.29. The molecule has 0 spiro atoms. The van der Waals surface area contributed by atoms with Crippen LogP contribution in [0.25, 0.3) is 0 Å². The highest BCUT2D eigenvalue weighted by atomic mass is 32.1. The number of hydrogen-bond acceptors (Lipinski definition) is 6. The summed E-state index contributed by atoms with van der Waals surface area (Å²) in [6.07, 6.45) is 0. The van der Waals surface area contributed by atoms with Gasteiger partial charge in [0.25, 0.3) is 5.69 Å². The number of thiophene rings is 1. The van der Waals surface area contributed by atoms with Crippen molar-refractivity contribution in [3.63, 3.8) is 0 Å². The standard InChI is InChI=1S/C15H16N2O4S/c1-10(18)11-5-6-12(13(8-11)17(20)21)16-9-15(2,19)14-4-3-7-22-14/h3-8,16,19H,9H2,1-2H3/t15-/m1/s1. The molecule has 22 heavy (non-hydrogen) atoms. The number of aliphatic hydroxyl groups is 1. The Bertz CT molecular complexity index is 696. The lowest BCUT2D eigenvalue weighted by molar-refractivity contribution is -0.384. The Hall–Kier alpha value is -2.25. The first-order valence-electron chi connectivity index (χ1n) is 6.61. The number of nitro benzene ring substituents is 1. The van der Waals surface area contributed by atoms with Crippen LogP contribution in [0.1, 0.15) is 29.1 Å². The van der Waals surface area contributed by atoms with Crippen LogP contribution in [0.5, 0.6) is 0 Å². The summed E-state index contributed by atoms with van der Waals surface area (Å²) in [5, 5.41) is 26.3. The summed E-state index contributed by atoms with van der Waals surface area (Å²) in [7, 11) is 0. The molecule has 2 N–H and O–H groups in total. The molecule has 0 saturated heterocycles. The summed E-state index contributed by atoms with van der Waals surface area (Å²) in [6.45, 7) is 3.11. The van der Waals surface area contributed by atoms with E-state index < -0.39 is 10.5 Å². The molecule has 0 saturated carbocycles. The SMILES string of the molecule is CC(=O)c1ccc(NC[C@@](C)(O)c2cccs2)c([N+](=O)[O-])c1. The molecule has 1 heterocycles. The van der Waals surface area contributed by atoms with Gasteiger partial charge in [-0.15, -0.1) is 11.3 Å². The van der Waals surface area contributed by atoms with Crippen LogP contribution < -0.4 is 5.32 Å². The van der Waals surface area contributed by atoms with Crippen LogP contribution in [0, 0.1) is 10.1 Å². The number of carbonyl (C=O) groups is 1. The lowest BCUT2D eigenvalue weighted by Gasteiger charge is -2.23. The molecular weight excluding hydrogens is 304 g/mol. The van der Waals surface area contributed by atoms with Gasteiger partial charge in [-0.05, 0) is 37.4 Å². The Kier molecular flexibility index (Phi) is 4.58. The quantitative estimate of drug-likeness (QED) is 0.484. The van der Waals surface area contributed by atoms with Gasteiger partial charge in [-0.3, -0.25) is 14.9 Å². The zero-order valence-corrected chi connectivity index (χ0v) is 13.0. The lowest BCUT2D eigenvalue weighted by Crippen LogP contribution is -2.29. The molecule has 2 aromatic rings. The van der Waals surface area contributed by atoms with Gasteiger partial charge in [-0.25, -0.2) is 0 Å². The normalized spacial score (nSPS) is 13.4. The van der Waals surface area contributed by atoms with Crippen molar-refractivity contribution < 1.29 is 14.8 Å². The van der Waals surface area contributed by atoms with Crippen LogP contribution in [0.2, 0.25) is 0 Å². The fourth-order valence-corrected chi connectivity index (χ4v) is 2.78. The van der Waals surface area contributed by atoms with Gasteiger partial charge in [0.05, 0.1) is 4.92 Å². The van der Waals surface area contributed by atoms with E-state index >= 15 is 0 Å². The second-order valence-corrected chi connectivity index (χ2v) is 6.10. The zero-order valence-electron chi connectivity index (χ0n) is 12.2. The number of benzene rings is 1. The van der Waals surface area contributed by atoms with Crippen molar-refractivity contribution in [2.75, 3.05) is 11.9 Å². The van der Waals surface area contributed by atoms with Crippen LogP contribution in [0.15, 0.2) is 35.7 Å². The molecule has 2 rings (SSSR count). The summed E-state index contributed by atoms with van der Waals surface area (Å²) in [4.78, 5) is 22.7. The predicted octanol–water partition coefficient (Wildman–Crippen LogP) is 3.18. The number of nitrogens with one attached hydrogen (secondary N) is 1. The summed E-state index contributed by atoms with van der Waals surface area (Å²) >= 11 is 1.41. The Morgan fingerprint density at radius 2 is 2.18 bits per heavy atom. The number of carbonyl (C=O) groups excluding carboxylic acids is 1. The number of nitro groups is 1. The topological polar surface area (TPSA) is 92.5 Å². The van der Waals surface area contributed by atoms with Crippen molar-refractivity contribution in [1.82, 2.24) is 0 Å². The van der Waals surface area contributed by atoms with Crippen LogP contribution in [0.3, 0.4) is 0 Å². The summed E-state index contributed by atoms with van der Waals surface area (Å²) in [5.74, 6) is -0.236. The van der Waals surface area contributed by atoms with Crippen LogP contribution in [-0.4, -0.2) is 22.4 Å². The number of anilines is 1. The number of hydrogen-bond donors (Lipinski definition) is 2. The Morgan fingerprint density at radius 1 is 1.45 bits per heavy atom. The maximum absolute atomic E-state index is 11.3. The molecule has 1 atom stereocenters. The average Bonchev–Trinajstić information content (AvgIpc) is 2.99. The Labute approximate surface area is 131 Å². The third-order valence-electron chi connectivity index (χ3n) is 3.28. The van der Waals surface area contributed by atoms with Gasteiger partial charge in [0.15, 0.2) is 5.78 Å². The summed E-state index contributed by atoms with van der Waals surface area (Å²) < 4.78 is 0. The van der Waals surface area contributed by atoms with Gasteiger partial charge < -0.3 is 10.4 Å². The van der Waals surface area contributed by atoms with E-state index in [2.05, 4.69) is 5.32 Å². The monoisotopic (exact) mass is 320 g/mol. The molecule has 116 valence electrons. The fourth-order valence-electron chi connectivity index (χ4n) is 1.99. The largest absolute Gasteiger partial charge is 0.383 e. The third kappa shape index (κ3) is 3.49. The minimum Gasteiger partial charge on any atom is -0.383 e. The number of Topliss-reactive ketones (excluding diaryl/α,β-unsaturated/α-hetero) is 1. The molecule has 0 aliphatic rings. The van der Waals surface area contributed by atoms with E-state index in [4.69, 9.17) is 0 Å². The number of rotatable bonds is 6. The Balaban J connectivity index is 2.22. The van der Waals surface area contributed by atoms with E-state index in [1.165, 1.54) is 36.5 Å². The highest BCUT2D eigenvalue weighted by Gasteiger charge is 2.25. The molecule has 0 aliphatic heterocycles. The maximum atomic E-state index is 11.3. The zero-order chi connectivity index (χ0) is 16.3. The third-order valence-corrected chi connectivity index (χ3v) is 4.40. The van der Waals surface area contributed by atoms with Crippen molar-refractivity contribution in [3.8, 4) is 0 Å². The molecule has 6 nitrogen and oxygen atoms in total. The lowest BCUT2D eigenvalue weighted by atomic mass is 10.0. The first kappa shape index (κ1) is 16.1. The van der Waals surface area contributed by atoms with Crippen molar-refractivity contribution >= 4 is 28.5 Å². The minimum absolute atomic E-state index is 0.119. The summed E-state index contributed by atoms with van der Waals surface area (Å²) in [6, 6.07) is 7.89. The maximum Gasteiger partial charge on any atom is 0.293 e. The fraction of sp³-hybridized carbons (Fsp3) is 0.267. The van der Waals surface area contributed by atoms with Crippen LogP contribution >= 0.6 is 11.3 Å². The molecule has 0 bridgehead atoms. The first-order valence-corrected chi connectivity index (χ1v) is 7.49. The minimum atomic E-state index is -1.14. The highest BCUT2D eigenvalue weighted by molar-refractivity contribution is 7.10. The second kappa shape index (κ2) is 6.25. The number of ketones is 1. The van der Waals surface area contributed by atoms with Crippen molar-refractivity contribution in [2.24, 2.45) is 0 Å². The van der Waals surface area contributed by atoms with E-state index in [1.54, 1.807) is 13.0 Å². The smallest absolute Gasteiger partial charge is 0.293 e. The van der Waals surface area contributed by atoms with Gasteiger partial charge in [-0.1, -0.05) is 6.07 Å². The Morgan fingerprint density at radius 3 is 2.73 bits per heavy atom. The molecule has 0 fully saturated rings. The van der Waals surface area contributed by atoms with Gasteiger partial charge in [0, 0.05) is 23.1 Å². The van der Waals surface area contributed by atoms with Crippen molar-refractivity contribution in [1.29, 1.82) is 0 Å². The average molecular weight is 320 g/mol. The molecule has 1 aromatic heterocycles. The van der Waals surface area contributed by atoms with Crippen molar-refractivity contribution in [3.05, 3.63) is 56.3 Å². The number of nitrogens with zero attached hydrogens (tertiary/aromatic N) is 1. The van der Waals surface area contributed by atoms with E-state index in [0.29, 0.717) is 0 Å². The van der Waals surface area contributed by atoms with Gasteiger partial charge in [-0.2, -0.15) is 0 Å². The van der Waals surface area contributed by atoms with Crippen molar-refractivity contribution in [2.45, 2.75) is 19.4 Å². The summed E-state index contributed by atoms with van der Waals surface area (Å²) in [5.41, 5.74) is -0.773. The van der Waals surface area contributed by atoms with Gasteiger partial charge >= 0.3 is 0 Å².